The van der Waals surface area contributed by atoms with Crippen LogP contribution in [0.5, 0.6) is 0 Å². The molecule has 0 radical (unpaired) electrons. The van der Waals surface area contributed by atoms with Crippen molar-refractivity contribution in [1.29, 1.82) is 0 Å². The van der Waals surface area contributed by atoms with Gasteiger partial charge in [0.05, 0.1) is 18.7 Å². The average molecular weight is 257 g/mol. The molecule has 3 aliphatic rings. The van der Waals surface area contributed by atoms with Crippen molar-refractivity contribution in [3.63, 3.8) is 0 Å². The van der Waals surface area contributed by atoms with E-state index in [-0.39, 0.29) is 21.5 Å². The van der Waals surface area contributed by atoms with Crippen molar-refractivity contribution in [3.05, 3.63) is 0 Å². The Labute approximate surface area is 105 Å². The second-order valence-electron chi connectivity index (χ2n) is 6.26. The van der Waals surface area contributed by atoms with E-state index in [1.165, 1.54) is 7.11 Å². The summed E-state index contributed by atoms with van der Waals surface area (Å²) in [6, 6.07) is 0. The highest BCUT2D eigenvalue weighted by molar-refractivity contribution is 7.91. The molecule has 0 aromatic rings. The number of nitrogens with zero attached hydrogens (tertiary/aromatic N) is 1. The maximum Gasteiger partial charge on any atom is 0.311 e. The summed E-state index contributed by atoms with van der Waals surface area (Å²) in [4.78, 5) is 11.5. The summed E-state index contributed by atoms with van der Waals surface area (Å²) in [5.41, 5.74) is -0.223. The van der Waals surface area contributed by atoms with E-state index in [0.29, 0.717) is 0 Å². The summed E-state index contributed by atoms with van der Waals surface area (Å²) in [5.74, 6) is -0.107. The molecule has 5 heteroatoms. The minimum absolute atomic E-state index is 0.0229. The molecule has 3 aliphatic carbocycles. The predicted molar refractivity (Wildman–Crippen MR) is 67.1 cm³/mol. The number of carbonyl (C=O) groups is 1. The molecule has 0 aromatic carbocycles. The highest BCUT2D eigenvalue weighted by atomic mass is 32.2. The third-order valence-corrected chi connectivity index (χ3v) is 4.98. The van der Waals surface area contributed by atoms with Crippen LogP contribution < -0.4 is 0 Å². The Morgan fingerprint density at radius 1 is 1.41 bits per heavy atom. The molecule has 0 heterocycles. The lowest BCUT2D eigenvalue weighted by Crippen LogP contribution is -2.66. The number of hydrogen-bond donors (Lipinski definition) is 0. The molecule has 0 N–H and O–H groups in total. The highest BCUT2D eigenvalue weighted by Crippen LogP contribution is 2.72. The van der Waals surface area contributed by atoms with Gasteiger partial charge in [-0.2, -0.15) is 0 Å². The van der Waals surface area contributed by atoms with Gasteiger partial charge in [0.25, 0.3) is 0 Å². The van der Waals surface area contributed by atoms with Gasteiger partial charge in [-0.25, -0.2) is 0 Å². The van der Waals surface area contributed by atoms with Crippen LogP contribution in [0.15, 0.2) is 4.40 Å². The zero-order valence-corrected chi connectivity index (χ0v) is 11.6. The van der Waals surface area contributed by atoms with E-state index in [1.54, 1.807) is 6.21 Å². The first-order valence-electron chi connectivity index (χ1n) is 5.79. The molecule has 0 saturated heterocycles. The molecule has 3 saturated carbocycles. The maximum absolute atomic E-state index is 11.8. The van der Waals surface area contributed by atoms with Crippen LogP contribution >= 0.6 is 0 Å². The summed E-state index contributed by atoms with van der Waals surface area (Å²) in [6.45, 7) is 5.70. The number of methoxy groups -OCH3 is 1. The largest absolute Gasteiger partial charge is 0.591 e. The number of hydrogen-bond acceptors (Lipinski definition) is 4. The fraction of sp³-hybridized carbons (Fsp3) is 0.833. The summed E-state index contributed by atoms with van der Waals surface area (Å²) in [7, 11) is 1.43. The van der Waals surface area contributed by atoms with Gasteiger partial charge in [0.2, 0.25) is 0 Å². The smallest absolute Gasteiger partial charge is 0.311 e. The lowest BCUT2D eigenvalue weighted by Gasteiger charge is -2.66. The standard InChI is InChI=1S/C12H19NO3S/c1-10(2,3)17(15)13-8-11-5-12(6-11,7-11)9(14)16-4/h8H,5-7H2,1-4H3. The van der Waals surface area contributed by atoms with E-state index in [0.717, 1.165) is 19.3 Å². The third kappa shape index (κ3) is 1.99. The normalized spacial score (nSPS) is 37.2. The van der Waals surface area contributed by atoms with Gasteiger partial charge in [0.15, 0.2) is 0 Å². The van der Waals surface area contributed by atoms with E-state index >= 15 is 0 Å². The van der Waals surface area contributed by atoms with Crippen molar-refractivity contribution >= 4 is 23.5 Å². The van der Waals surface area contributed by atoms with Crippen LogP contribution in [0.25, 0.3) is 0 Å². The van der Waals surface area contributed by atoms with E-state index < -0.39 is 11.4 Å². The average Bonchev–Trinajstić information content (AvgIpc) is 2.11. The Bertz CT molecular complexity index is 353. The summed E-state index contributed by atoms with van der Waals surface area (Å²) < 4.78 is 20.4. The molecule has 0 spiro atoms. The molecule has 2 bridgehead atoms. The van der Waals surface area contributed by atoms with Gasteiger partial charge in [0, 0.05) is 5.41 Å². The second kappa shape index (κ2) is 3.72. The van der Waals surface area contributed by atoms with Crippen LogP contribution in [0, 0.1) is 10.8 Å². The van der Waals surface area contributed by atoms with Crippen molar-refractivity contribution in [2.75, 3.05) is 7.11 Å². The van der Waals surface area contributed by atoms with E-state index in [4.69, 9.17) is 4.74 Å². The van der Waals surface area contributed by atoms with Gasteiger partial charge in [-0.15, -0.1) is 0 Å². The topological polar surface area (TPSA) is 61.7 Å². The Morgan fingerprint density at radius 2 is 1.94 bits per heavy atom. The number of carbonyl (C=O) groups excluding carboxylic acids is 1. The lowest BCUT2D eigenvalue weighted by molar-refractivity contribution is -0.201. The number of esters is 1. The Morgan fingerprint density at radius 3 is 2.35 bits per heavy atom. The summed E-state index contributed by atoms with van der Waals surface area (Å²) in [6.07, 6.45) is 4.21. The van der Waals surface area contributed by atoms with Crippen molar-refractivity contribution in [1.82, 2.24) is 0 Å². The molecular weight excluding hydrogens is 238 g/mol. The SMILES string of the molecule is COC(=O)C12CC(C=N[S+]([O-])C(C)(C)C)(C1)C2. The fourth-order valence-electron chi connectivity index (χ4n) is 2.75. The van der Waals surface area contributed by atoms with Gasteiger partial charge >= 0.3 is 5.97 Å². The monoisotopic (exact) mass is 257 g/mol. The van der Waals surface area contributed by atoms with Gasteiger partial charge in [-0.1, -0.05) is 4.40 Å². The number of ether oxygens (including phenoxy) is 1. The van der Waals surface area contributed by atoms with Crippen LogP contribution in [0.2, 0.25) is 0 Å². The minimum atomic E-state index is -1.20. The van der Waals surface area contributed by atoms with Gasteiger partial charge in [0.1, 0.15) is 16.1 Å². The quantitative estimate of drug-likeness (QED) is 0.440. The third-order valence-electron chi connectivity index (χ3n) is 3.64. The second-order valence-corrected chi connectivity index (χ2v) is 8.19. The predicted octanol–water partition coefficient (Wildman–Crippen LogP) is 1.86. The van der Waals surface area contributed by atoms with Gasteiger partial charge in [-0.3, -0.25) is 4.79 Å². The van der Waals surface area contributed by atoms with Gasteiger partial charge < -0.3 is 9.29 Å². The van der Waals surface area contributed by atoms with Crippen molar-refractivity contribution in [3.8, 4) is 0 Å². The van der Waals surface area contributed by atoms with Crippen LogP contribution in [0.1, 0.15) is 40.0 Å². The Hall–Kier alpha value is -0.550. The lowest BCUT2D eigenvalue weighted by atomic mass is 9.35. The Kier molecular flexibility index (Phi) is 2.82. The molecule has 0 amide bonds. The zero-order chi connectivity index (χ0) is 12.9. The molecule has 0 aliphatic heterocycles. The van der Waals surface area contributed by atoms with Gasteiger partial charge in [-0.05, 0) is 40.0 Å². The highest BCUT2D eigenvalue weighted by Gasteiger charge is 2.72. The van der Waals surface area contributed by atoms with E-state index in [1.807, 2.05) is 20.8 Å². The van der Waals surface area contributed by atoms with Crippen LogP contribution in [-0.4, -0.2) is 28.6 Å². The summed E-state index contributed by atoms with van der Waals surface area (Å²) >= 11 is -1.20. The summed E-state index contributed by atoms with van der Waals surface area (Å²) in [5, 5.41) is 0. The van der Waals surface area contributed by atoms with E-state index in [9.17, 15) is 9.35 Å². The molecule has 3 fully saturated rings. The van der Waals surface area contributed by atoms with Crippen LogP contribution in [-0.2, 0) is 20.9 Å². The van der Waals surface area contributed by atoms with Crippen molar-refractivity contribution < 1.29 is 14.1 Å². The number of rotatable bonds is 3. The molecule has 1 unspecified atom stereocenters. The van der Waals surface area contributed by atoms with Crippen LogP contribution in [0.4, 0.5) is 0 Å². The molecule has 4 nitrogen and oxygen atoms in total. The first-order chi connectivity index (χ1) is 7.73. The molecule has 3 rings (SSSR count). The minimum Gasteiger partial charge on any atom is -0.591 e. The van der Waals surface area contributed by atoms with Crippen LogP contribution in [0.3, 0.4) is 0 Å². The molecule has 17 heavy (non-hydrogen) atoms. The molecular formula is C12H19NO3S. The molecule has 0 aromatic heterocycles. The first kappa shape index (κ1) is 12.9. The first-order valence-corrected chi connectivity index (χ1v) is 6.89. The fourth-order valence-corrected chi connectivity index (χ4v) is 3.39. The van der Waals surface area contributed by atoms with Crippen molar-refractivity contribution in [2.24, 2.45) is 15.2 Å². The zero-order valence-electron chi connectivity index (χ0n) is 10.8. The molecule has 96 valence electrons. The molecule has 1 atom stereocenters. The maximum atomic E-state index is 11.8. The van der Waals surface area contributed by atoms with E-state index in [2.05, 4.69) is 4.40 Å². The Balaban J connectivity index is 1.90. The van der Waals surface area contributed by atoms with Crippen molar-refractivity contribution in [2.45, 2.75) is 44.8 Å².